The molecule has 8 heterocycles. The van der Waals surface area contributed by atoms with E-state index in [4.69, 9.17) is 40.2 Å². The fraction of sp³-hybridized carbons (Fsp3) is 0.615. The van der Waals surface area contributed by atoms with E-state index in [-0.39, 0.29) is 0 Å². The summed E-state index contributed by atoms with van der Waals surface area (Å²) < 4.78 is 57.7. The number of aryl methyl sites for hydroxylation is 8. The zero-order valence-corrected chi connectivity index (χ0v) is 81.4. The van der Waals surface area contributed by atoms with Gasteiger partial charge >= 0.3 is 0 Å². The van der Waals surface area contributed by atoms with Gasteiger partial charge in [-0.05, 0) is 51.4 Å². The third-order valence-corrected chi connectivity index (χ3v) is 20.4. The highest BCUT2D eigenvalue weighted by Crippen LogP contribution is 2.11. The number of pyridine rings is 8. The van der Waals surface area contributed by atoms with Crippen LogP contribution in [0, 0.1) is 0 Å². The molecule has 8 rings (SSSR count). The predicted molar refractivity (Wildman–Crippen MR) is 508 cm³/mol. The molecular formula is C104H176B4F4N8O8. The van der Waals surface area contributed by atoms with Crippen molar-refractivity contribution >= 4 is 29.6 Å². The maximum absolute atomic E-state index is 9.89. The van der Waals surface area contributed by atoms with Crippen molar-refractivity contribution in [1.82, 2.24) is 0 Å². The Morgan fingerprint density at radius 2 is 0.203 bits per heavy atom. The Hall–Kier alpha value is -7.14. The van der Waals surface area contributed by atoms with E-state index in [2.05, 4.69) is 337 Å². The van der Waals surface area contributed by atoms with Crippen molar-refractivity contribution in [2.45, 2.75) is 416 Å². The minimum Gasteiger partial charge on any atom is -0.867 e. The first-order valence-corrected chi connectivity index (χ1v) is 49.7. The summed E-state index contributed by atoms with van der Waals surface area (Å²) in [4.78, 5) is 0. The van der Waals surface area contributed by atoms with Crippen molar-refractivity contribution in [2.75, 3.05) is 0 Å². The Kier molecular flexibility index (Phi) is 108. The third kappa shape index (κ3) is 113. The molecule has 0 aliphatic carbocycles. The van der Waals surface area contributed by atoms with E-state index in [0.29, 0.717) is 0 Å². The number of halogens is 4. The van der Waals surface area contributed by atoms with Crippen molar-refractivity contribution in [1.29, 1.82) is 0 Å². The van der Waals surface area contributed by atoms with Crippen LogP contribution in [0.1, 0.15) is 364 Å². The van der Waals surface area contributed by atoms with Gasteiger partial charge in [-0.25, -0.2) is 36.5 Å². The van der Waals surface area contributed by atoms with E-state index in [9.17, 15) is 17.3 Å². The highest BCUT2D eigenvalue weighted by molar-refractivity contribution is 6.27. The fourth-order valence-electron chi connectivity index (χ4n) is 13.3. The Balaban J connectivity index is -0.000000669. The molecule has 0 aliphatic rings. The second-order valence-corrected chi connectivity index (χ2v) is 32.1. The highest BCUT2D eigenvalue weighted by Gasteiger charge is 2.05. The van der Waals surface area contributed by atoms with Crippen LogP contribution in [0.3, 0.4) is 0 Å². The summed E-state index contributed by atoms with van der Waals surface area (Å²) in [5.74, 6) is 0. The zero-order valence-electron chi connectivity index (χ0n) is 81.4. The van der Waals surface area contributed by atoms with Crippen molar-refractivity contribution < 1.29 is 94.0 Å². The van der Waals surface area contributed by atoms with Gasteiger partial charge in [0, 0.05) is 148 Å². The van der Waals surface area contributed by atoms with Crippen molar-refractivity contribution in [3.05, 3.63) is 245 Å². The summed E-state index contributed by atoms with van der Waals surface area (Å²) >= 11 is 0. The van der Waals surface area contributed by atoms with Gasteiger partial charge in [0.25, 0.3) is 0 Å². The molecule has 0 unspecified atom stereocenters. The number of unbranched alkanes of at least 4 members (excludes halogenated alkanes) is 40. The lowest BCUT2D eigenvalue weighted by molar-refractivity contribution is -0.697. The van der Waals surface area contributed by atoms with E-state index < -0.39 is 29.6 Å². The van der Waals surface area contributed by atoms with Crippen LogP contribution in [-0.2, 0) is 52.4 Å². The van der Waals surface area contributed by atoms with Crippen LogP contribution in [0.2, 0.25) is 0 Å². The molecule has 0 radical (unpaired) electrons. The topological polar surface area (TPSA) is 216 Å². The summed E-state index contributed by atoms with van der Waals surface area (Å²) in [7, 11) is -12.7. The molecule has 0 aromatic carbocycles. The monoisotopic (exact) mass is 1790 g/mol. The van der Waals surface area contributed by atoms with Gasteiger partial charge in [0.2, 0.25) is 0 Å². The van der Waals surface area contributed by atoms with Crippen LogP contribution < -0.4 is 76.7 Å². The van der Waals surface area contributed by atoms with Gasteiger partial charge in [-0.15, -0.1) is 0 Å². The third-order valence-electron chi connectivity index (χ3n) is 20.4. The summed E-state index contributed by atoms with van der Waals surface area (Å²) in [6, 6.07) is 50.0. The number of nitrogens with zero attached hydrogens (tertiary/aromatic N) is 8. The SMILES string of the molecule is CCCCCCCC[n+]1ccccc1.CCCCCCCC[n+]1ccccc1.CCCCCCCC[n+]1ccccc1.CCCCCCCC[n+]1ccccc1.CCCCCCCC[n+]1ccccc1.CCCCCCCC[n+]1ccccc1.CCCCCCCC[n+]1ccccc1.CCCCCCCC[n+]1ccccc1.[O-]B([O-])F.[O-]B([O-])F.[O-]B([O-])F.[O-]B([O-])F. The lowest BCUT2D eigenvalue weighted by Crippen LogP contribution is -2.39. The quantitative estimate of drug-likeness (QED) is 0.0154. The van der Waals surface area contributed by atoms with Crippen LogP contribution in [0.25, 0.3) is 0 Å². The Morgan fingerprint density at radius 1 is 0.133 bits per heavy atom. The van der Waals surface area contributed by atoms with Crippen LogP contribution in [0.4, 0.5) is 17.3 Å². The van der Waals surface area contributed by atoms with Crippen molar-refractivity contribution in [3.63, 3.8) is 0 Å². The molecule has 16 nitrogen and oxygen atoms in total. The molecule has 0 amide bonds. The van der Waals surface area contributed by atoms with E-state index in [1.807, 2.05) is 0 Å². The lowest BCUT2D eigenvalue weighted by Gasteiger charge is -2.09. The van der Waals surface area contributed by atoms with Crippen LogP contribution >= 0.6 is 0 Å². The first-order chi connectivity index (χ1) is 62.4. The first kappa shape index (κ1) is 127. The normalized spacial score (nSPS) is 9.91. The van der Waals surface area contributed by atoms with Gasteiger partial charge in [-0.2, -0.15) is 0 Å². The number of rotatable bonds is 56. The molecule has 0 saturated heterocycles. The van der Waals surface area contributed by atoms with Gasteiger partial charge in [-0.3, -0.25) is 0 Å². The standard InChI is InChI=1S/8C13H22N.4BFO2/c8*1-2-3-4-5-6-8-11-14-12-9-7-10-13-14;4*2-1(3)4/h8*7,9-10,12-13H,2-6,8,11H2,1H3;;;;/q8*+1;4*-2. The van der Waals surface area contributed by atoms with Gasteiger partial charge in [0.05, 0.1) is 0 Å². The first-order valence-electron chi connectivity index (χ1n) is 49.7. The molecule has 0 N–H and O–H groups in total. The zero-order chi connectivity index (χ0) is 94.8. The van der Waals surface area contributed by atoms with E-state index in [1.54, 1.807) is 0 Å². The second-order valence-electron chi connectivity index (χ2n) is 32.1. The van der Waals surface area contributed by atoms with Gasteiger partial charge in [-0.1, -0.05) is 309 Å². The van der Waals surface area contributed by atoms with E-state index in [1.165, 1.54) is 361 Å². The Morgan fingerprint density at radius 3 is 0.281 bits per heavy atom. The molecule has 720 valence electrons. The molecule has 8 aromatic rings. The minimum absolute atomic E-state index is 1.17. The fourth-order valence-corrected chi connectivity index (χ4v) is 13.3. The van der Waals surface area contributed by atoms with Gasteiger partial charge in [0.1, 0.15) is 81.9 Å². The highest BCUT2D eigenvalue weighted by atomic mass is 19.1. The average Bonchev–Trinajstić information content (AvgIpc) is 1.01. The molecule has 0 aliphatic heterocycles. The predicted octanol–water partition coefficient (Wildman–Crippen LogP) is 17.3. The van der Waals surface area contributed by atoms with Crippen LogP contribution in [0.5, 0.6) is 0 Å². The molecule has 0 saturated carbocycles. The Bertz CT molecular complexity index is 2630. The van der Waals surface area contributed by atoms with Gasteiger partial charge < -0.3 is 57.5 Å². The van der Waals surface area contributed by atoms with E-state index in [0.717, 1.165) is 0 Å². The maximum Gasteiger partial charge on any atom is 0.168 e. The molecule has 8 aromatic heterocycles. The summed E-state index contributed by atoms with van der Waals surface area (Å²) in [6.07, 6.45) is 100. The number of aromatic nitrogens is 8. The molecule has 24 heteroatoms. The molecule has 0 bridgehead atoms. The largest absolute Gasteiger partial charge is 0.867 e. The molecular weight excluding hydrogens is 1610 g/mol. The molecule has 0 fully saturated rings. The molecule has 0 spiro atoms. The van der Waals surface area contributed by atoms with Crippen LogP contribution in [-0.4, -0.2) is 29.6 Å². The lowest BCUT2D eigenvalue weighted by atomic mass is 10.1. The smallest absolute Gasteiger partial charge is 0.168 e. The Labute approximate surface area is 779 Å². The number of hydrogen-bond acceptors (Lipinski definition) is 8. The number of hydrogen-bond donors (Lipinski definition) is 0. The average molecular weight is 1790 g/mol. The second kappa shape index (κ2) is 109. The van der Waals surface area contributed by atoms with E-state index >= 15 is 0 Å². The molecule has 0 atom stereocenters. The van der Waals surface area contributed by atoms with Crippen LogP contribution in [0.15, 0.2) is 245 Å². The molecule has 128 heavy (non-hydrogen) atoms. The van der Waals surface area contributed by atoms with Crippen molar-refractivity contribution in [2.24, 2.45) is 0 Å². The summed E-state index contributed by atoms with van der Waals surface area (Å²) in [5.41, 5.74) is 0. The van der Waals surface area contributed by atoms with Crippen molar-refractivity contribution in [3.8, 4) is 0 Å². The summed E-state index contributed by atoms with van der Waals surface area (Å²) in [6.45, 7) is 27.5. The summed E-state index contributed by atoms with van der Waals surface area (Å²) in [5, 5.41) is 66.4. The van der Waals surface area contributed by atoms with Gasteiger partial charge in [0.15, 0.2) is 99.1 Å². The maximum atomic E-state index is 9.89. The minimum atomic E-state index is -3.17.